The van der Waals surface area contributed by atoms with Crippen LogP contribution in [0, 0.1) is 6.92 Å². The van der Waals surface area contributed by atoms with Crippen LogP contribution >= 0.6 is 0 Å². The van der Waals surface area contributed by atoms with Crippen molar-refractivity contribution >= 4 is 6.09 Å². The van der Waals surface area contributed by atoms with Gasteiger partial charge in [-0.1, -0.05) is 0 Å². The van der Waals surface area contributed by atoms with E-state index in [2.05, 4.69) is 15.2 Å². The molecule has 6 nitrogen and oxygen atoms in total. The third-order valence-corrected chi connectivity index (χ3v) is 3.05. The number of aryl methyl sites for hydroxylation is 1. The van der Waals surface area contributed by atoms with E-state index in [1.54, 1.807) is 4.90 Å². The fourth-order valence-electron chi connectivity index (χ4n) is 2.22. The second kappa shape index (κ2) is 5.19. The Kier molecular flexibility index (Phi) is 3.78. The largest absolute Gasteiger partial charge is 0.444 e. The van der Waals surface area contributed by atoms with Gasteiger partial charge in [0.2, 0.25) is 0 Å². The van der Waals surface area contributed by atoms with E-state index in [1.807, 2.05) is 27.7 Å². The van der Waals surface area contributed by atoms with E-state index in [4.69, 9.17) is 4.74 Å². The average molecular weight is 266 g/mol. The number of carbonyl (C=O) groups is 1. The van der Waals surface area contributed by atoms with Crippen molar-refractivity contribution in [2.45, 2.75) is 52.1 Å². The van der Waals surface area contributed by atoms with Gasteiger partial charge in [-0.25, -0.2) is 9.78 Å². The maximum Gasteiger partial charge on any atom is 0.410 e. The molecule has 1 fully saturated rings. The summed E-state index contributed by atoms with van der Waals surface area (Å²) in [5, 5.41) is 7.05. The van der Waals surface area contributed by atoms with E-state index < -0.39 is 5.60 Å². The molecule has 1 aliphatic rings. The molecule has 6 heteroatoms. The highest BCUT2D eigenvalue weighted by molar-refractivity contribution is 5.68. The van der Waals surface area contributed by atoms with E-state index in [-0.39, 0.29) is 12.0 Å². The van der Waals surface area contributed by atoms with Crippen molar-refractivity contribution in [1.29, 1.82) is 0 Å². The number of amides is 1. The summed E-state index contributed by atoms with van der Waals surface area (Å²) in [6, 6.07) is 0. The Labute approximate surface area is 113 Å². The topological polar surface area (TPSA) is 71.1 Å². The minimum Gasteiger partial charge on any atom is -0.444 e. The molecular weight excluding hydrogens is 244 g/mol. The molecule has 1 atom stereocenters. The predicted molar refractivity (Wildman–Crippen MR) is 70.9 cm³/mol. The SMILES string of the molecule is Cc1nc([C@H]2CCCN(C(=O)OC(C)(C)C)C2)n[nH]1. The molecule has 1 N–H and O–H groups in total. The summed E-state index contributed by atoms with van der Waals surface area (Å²) in [5.41, 5.74) is -0.453. The van der Waals surface area contributed by atoms with Crippen LogP contribution in [0.4, 0.5) is 4.79 Å². The van der Waals surface area contributed by atoms with Crippen molar-refractivity contribution in [1.82, 2.24) is 20.1 Å². The number of carbonyl (C=O) groups excluding carboxylic acids is 1. The first-order valence-corrected chi connectivity index (χ1v) is 6.72. The number of H-pyrrole nitrogens is 1. The minimum atomic E-state index is -0.453. The maximum atomic E-state index is 12.1. The quantitative estimate of drug-likeness (QED) is 0.846. The van der Waals surface area contributed by atoms with Gasteiger partial charge in [-0.3, -0.25) is 5.10 Å². The lowest BCUT2D eigenvalue weighted by Gasteiger charge is -2.33. The number of hydrogen-bond acceptors (Lipinski definition) is 4. The Morgan fingerprint density at radius 3 is 2.79 bits per heavy atom. The van der Waals surface area contributed by atoms with Gasteiger partial charge in [-0.2, -0.15) is 5.10 Å². The number of nitrogens with one attached hydrogen (secondary N) is 1. The van der Waals surface area contributed by atoms with Crippen LogP contribution in [-0.4, -0.2) is 44.9 Å². The molecule has 1 saturated heterocycles. The van der Waals surface area contributed by atoms with Crippen LogP contribution in [0.15, 0.2) is 0 Å². The van der Waals surface area contributed by atoms with E-state index in [0.717, 1.165) is 31.0 Å². The van der Waals surface area contributed by atoms with Crippen molar-refractivity contribution in [3.8, 4) is 0 Å². The third-order valence-electron chi connectivity index (χ3n) is 3.05. The van der Waals surface area contributed by atoms with E-state index in [1.165, 1.54) is 0 Å². The average Bonchev–Trinajstić information content (AvgIpc) is 2.74. The first-order chi connectivity index (χ1) is 8.85. The number of ether oxygens (including phenoxy) is 1. The summed E-state index contributed by atoms with van der Waals surface area (Å²) >= 11 is 0. The molecule has 0 saturated carbocycles. The first kappa shape index (κ1) is 13.8. The third kappa shape index (κ3) is 3.68. The van der Waals surface area contributed by atoms with Crippen LogP contribution in [0.2, 0.25) is 0 Å². The van der Waals surface area contributed by atoms with Crippen LogP contribution < -0.4 is 0 Å². The van der Waals surface area contributed by atoms with Gasteiger partial charge in [-0.15, -0.1) is 0 Å². The van der Waals surface area contributed by atoms with E-state index in [9.17, 15) is 4.79 Å². The summed E-state index contributed by atoms with van der Waals surface area (Å²) in [7, 11) is 0. The summed E-state index contributed by atoms with van der Waals surface area (Å²) in [6.45, 7) is 8.90. The molecule has 0 spiro atoms. The second-order valence-corrected chi connectivity index (χ2v) is 6.04. The van der Waals surface area contributed by atoms with Gasteiger partial charge in [0.05, 0.1) is 0 Å². The summed E-state index contributed by atoms with van der Waals surface area (Å²) < 4.78 is 5.40. The van der Waals surface area contributed by atoms with Crippen molar-refractivity contribution in [2.75, 3.05) is 13.1 Å². The molecule has 0 radical (unpaired) electrons. The molecule has 1 aromatic rings. The molecule has 1 amide bonds. The van der Waals surface area contributed by atoms with Crippen LogP contribution in [0.3, 0.4) is 0 Å². The van der Waals surface area contributed by atoms with Crippen molar-refractivity contribution < 1.29 is 9.53 Å². The van der Waals surface area contributed by atoms with Gasteiger partial charge in [0.15, 0.2) is 5.82 Å². The lowest BCUT2D eigenvalue weighted by atomic mass is 9.98. The van der Waals surface area contributed by atoms with Crippen molar-refractivity contribution in [2.24, 2.45) is 0 Å². The smallest absolute Gasteiger partial charge is 0.410 e. The number of hydrogen-bond donors (Lipinski definition) is 1. The van der Waals surface area contributed by atoms with Crippen LogP contribution in [0.25, 0.3) is 0 Å². The molecule has 0 aliphatic carbocycles. The highest BCUT2D eigenvalue weighted by Crippen LogP contribution is 2.25. The van der Waals surface area contributed by atoms with E-state index >= 15 is 0 Å². The van der Waals surface area contributed by atoms with Gasteiger partial charge in [0.1, 0.15) is 11.4 Å². The van der Waals surface area contributed by atoms with Crippen LogP contribution in [0.1, 0.15) is 51.2 Å². The molecule has 1 aromatic heterocycles. The van der Waals surface area contributed by atoms with Crippen molar-refractivity contribution in [3.05, 3.63) is 11.6 Å². The van der Waals surface area contributed by atoms with Gasteiger partial charge >= 0.3 is 6.09 Å². The second-order valence-electron chi connectivity index (χ2n) is 6.04. The Morgan fingerprint density at radius 2 is 2.21 bits per heavy atom. The summed E-state index contributed by atoms with van der Waals surface area (Å²) in [6.07, 6.45) is 1.72. The van der Waals surface area contributed by atoms with Crippen LogP contribution in [0.5, 0.6) is 0 Å². The lowest BCUT2D eigenvalue weighted by Crippen LogP contribution is -2.42. The Morgan fingerprint density at radius 1 is 1.47 bits per heavy atom. The number of aromatic nitrogens is 3. The van der Waals surface area contributed by atoms with Gasteiger partial charge in [0, 0.05) is 19.0 Å². The molecule has 106 valence electrons. The molecule has 0 bridgehead atoms. The Balaban J connectivity index is 1.99. The minimum absolute atomic E-state index is 0.200. The highest BCUT2D eigenvalue weighted by Gasteiger charge is 2.29. The van der Waals surface area contributed by atoms with Crippen LogP contribution in [-0.2, 0) is 4.74 Å². The lowest BCUT2D eigenvalue weighted by molar-refractivity contribution is 0.0196. The zero-order valence-electron chi connectivity index (χ0n) is 12.1. The monoisotopic (exact) mass is 266 g/mol. The van der Waals surface area contributed by atoms with Gasteiger partial charge in [0.25, 0.3) is 0 Å². The summed E-state index contributed by atoms with van der Waals surface area (Å²) in [4.78, 5) is 18.2. The predicted octanol–water partition coefficient (Wildman–Crippen LogP) is 2.23. The maximum absolute atomic E-state index is 12.1. The molecule has 19 heavy (non-hydrogen) atoms. The molecule has 0 unspecified atom stereocenters. The standard InChI is InChI=1S/C13H22N4O2/c1-9-14-11(16-15-9)10-6-5-7-17(8-10)12(18)19-13(2,3)4/h10H,5-8H2,1-4H3,(H,14,15,16)/t10-/m0/s1. The fraction of sp³-hybridized carbons (Fsp3) is 0.769. The van der Waals surface area contributed by atoms with E-state index in [0.29, 0.717) is 6.54 Å². The number of likely N-dealkylation sites (tertiary alicyclic amines) is 1. The molecule has 2 heterocycles. The zero-order valence-corrected chi connectivity index (χ0v) is 12.1. The van der Waals surface area contributed by atoms with Gasteiger partial charge in [-0.05, 0) is 40.5 Å². The Hall–Kier alpha value is -1.59. The first-order valence-electron chi connectivity index (χ1n) is 6.72. The highest BCUT2D eigenvalue weighted by atomic mass is 16.6. The van der Waals surface area contributed by atoms with Crippen molar-refractivity contribution in [3.63, 3.8) is 0 Å². The fourth-order valence-corrected chi connectivity index (χ4v) is 2.22. The normalized spacial score (nSPS) is 20.4. The number of aromatic amines is 1. The molecule has 2 rings (SSSR count). The zero-order chi connectivity index (χ0) is 14.0. The summed E-state index contributed by atoms with van der Waals surface area (Å²) in [5.74, 6) is 1.81. The number of rotatable bonds is 1. The Bertz CT molecular complexity index is 450. The molecule has 1 aliphatic heterocycles. The molecular formula is C13H22N4O2. The number of nitrogens with zero attached hydrogens (tertiary/aromatic N) is 3. The van der Waals surface area contributed by atoms with Gasteiger partial charge < -0.3 is 9.64 Å². The molecule has 0 aromatic carbocycles. The number of piperidine rings is 1.